The summed E-state index contributed by atoms with van der Waals surface area (Å²) in [5.74, 6) is 0.558. The summed E-state index contributed by atoms with van der Waals surface area (Å²) in [7, 11) is 1.49. The Labute approximate surface area is 89.0 Å². The lowest BCUT2D eigenvalue weighted by Crippen LogP contribution is -1.87. The summed E-state index contributed by atoms with van der Waals surface area (Å²) in [4.78, 5) is 11.0. The molecule has 1 aromatic carbocycles. The van der Waals surface area contributed by atoms with Gasteiger partial charge < -0.3 is 9.84 Å². The van der Waals surface area contributed by atoms with Crippen molar-refractivity contribution in [2.75, 3.05) is 7.11 Å². The molecule has 0 fully saturated rings. The number of carbonyl (C=O) groups is 1. The molecule has 1 rings (SSSR count). The zero-order chi connectivity index (χ0) is 11.3. The van der Waals surface area contributed by atoms with Crippen LogP contribution in [0.1, 0.15) is 18.9 Å². The predicted octanol–water partition coefficient (Wildman–Crippen LogP) is 2.39. The van der Waals surface area contributed by atoms with Gasteiger partial charge in [0.1, 0.15) is 0 Å². The van der Waals surface area contributed by atoms with Gasteiger partial charge in [-0.05, 0) is 23.8 Å². The van der Waals surface area contributed by atoms with Crippen LogP contribution < -0.4 is 4.74 Å². The Morgan fingerprint density at radius 1 is 1.53 bits per heavy atom. The van der Waals surface area contributed by atoms with E-state index in [2.05, 4.69) is 0 Å². The first-order chi connectivity index (χ1) is 7.17. The van der Waals surface area contributed by atoms with Crippen molar-refractivity contribution in [3.05, 3.63) is 29.8 Å². The average Bonchev–Trinajstić information content (AvgIpc) is 2.26. The largest absolute Gasteiger partial charge is 0.504 e. The molecule has 0 aliphatic carbocycles. The van der Waals surface area contributed by atoms with Gasteiger partial charge in [-0.1, -0.05) is 19.1 Å². The average molecular weight is 206 g/mol. The molecule has 3 heteroatoms. The highest BCUT2D eigenvalue weighted by atomic mass is 16.5. The van der Waals surface area contributed by atoms with Gasteiger partial charge in [-0.2, -0.15) is 0 Å². The first-order valence-corrected chi connectivity index (χ1v) is 4.75. The summed E-state index contributed by atoms with van der Waals surface area (Å²) < 4.78 is 4.91. The third-order valence-electron chi connectivity index (χ3n) is 2.01. The monoisotopic (exact) mass is 206 g/mol. The second kappa shape index (κ2) is 5.20. The number of ether oxygens (including phenoxy) is 1. The molecule has 0 amide bonds. The molecular formula is C12H14O3. The lowest BCUT2D eigenvalue weighted by Gasteiger charge is -2.02. The van der Waals surface area contributed by atoms with E-state index in [-0.39, 0.29) is 11.5 Å². The molecule has 0 aliphatic rings. The standard InChI is InChI=1S/C12H14O3/c1-3-10(13)6-4-9-5-7-12(15-2)11(14)8-9/h4-8,14H,3H2,1-2H3. The molecule has 0 atom stereocenters. The minimum Gasteiger partial charge on any atom is -0.504 e. The van der Waals surface area contributed by atoms with Crippen molar-refractivity contribution >= 4 is 11.9 Å². The fourth-order valence-electron chi connectivity index (χ4n) is 1.12. The quantitative estimate of drug-likeness (QED) is 0.769. The minimum absolute atomic E-state index is 0.0605. The van der Waals surface area contributed by atoms with E-state index in [1.807, 2.05) is 0 Å². The second-order valence-electron chi connectivity index (χ2n) is 3.08. The number of carbonyl (C=O) groups excluding carboxylic acids is 1. The van der Waals surface area contributed by atoms with Crippen molar-refractivity contribution in [1.29, 1.82) is 0 Å². The summed E-state index contributed by atoms with van der Waals surface area (Å²) in [6.07, 6.45) is 3.66. The molecule has 0 radical (unpaired) electrons. The fraction of sp³-hybridized carbons (Fsp3) is 0.250. The molecule has 1 N–H and O–H groups in total. The van der Waals surface area contributed by atoms with Crippen molar-refractivity contribution in [2.45, 2.75) is 13.3 Å². The van der Waals surface area contributed by atoms with Crippen molar-refractivity contribution in [3.8, 4) is 11.5 Å². The van der Waals surface area contributed by atoms with Crippen LogP contribution in [0.15, 0.2) is 24.3 Å². The number of benzene rings is 1. The van der Waals surface area contributed by atoms with Gasteiger partial charge in [0, 0.05) is 6.42 Å². The molecule has 0 aromatic heterocycles. The predicted molar refractivity (Wildman–Crippen MR) is 59.0 cm³/mol. The van der Waals surface area contributed by atoms with Crippen LogP contribution in [0.2, 0.25) is 0 Å². The first kappa shape index (κ1) is 11.3. The highest BCUT2D eigenvalue weighted by Gasteiger charge is 2.00. The Morgan fingerprint density at radius 2 is 2.27 bits per heavy atom. The summed E-state index contributed by atoms with van der Waals surface area (Å²) in [6.45, 7) is 1.80. The summed E-state index contributed by atoms with van der Waals surface area (Å²) in [5, 5.41) is 9.47. The van der Waals surface area contributed by atoms with Crippen molar-refractivity contribution in [1.82, 2.24) is 0 Å². The van der Waals surface area contributed by atoms with Gasteiger partial charge >= 0.3 is 0 Å². The summed E-state index contributed by atoms with van der Waals surface area (Å²) in [6, 6.07) is 4.99. The lowest BCUT2D eigenvalue weighted by molar-refractivity contribution is -0.114. The van der Waals surface area contributed by atoms with Gasteiger partial charge in [0.2, 0.25) is 0 Å². The SMILES string of the molecule is CCC(=O)C=Cc1ccc(OC)c(O)c1. The Morgan fingerprint density at radius 3 is 2.80 bits per heavy atom. The molecule has 0 heterocycles. The van der Waals surface area contributed by atoms with Gasteiger partial charge in [-0.15, -0.1) is 0 Å². The highest BCUT2D eigenvalue weighted by Crippen LogP contribution is 2.26. The maximum absolute atomic E-state index is 11.0. The maximum atomic E-state index is 11.0. The zero-order valence-electron chi connectivity index (χ0n) is 8.86. The van der Waals surface area contributed by atoms with Crippen LogP contribution in [0.5, 0.6) is 11.5 Å². The Bertz CT molecular complexity index is 380. The number of rotatable bonds is 4. The van der Waals surface area contributed by atoms with Crippen LogP contribution in [0.25, 0.3) is 6.08 Å². The second-order valence-corrected chi connectivity index (χ2v) is 3.08. The van der Waals surface area contributed by atoms with E-state index < -0.39 is 0 Å². The lowest BCUT2D eigenvalue weighted by atomic mass is 10.1. The maximum Gasteiger partial charge on any atom is 0.160 e. The van der Waals surface area contributed by atoms with Crippen LogP contribution in [0, 0.1) is 0 Å². The van der Waals surface area contributed by atoms with Crippen molar-refractivity contribution < 1.29 is 14.6 Å². The number of hydrogen-bond donors (Lipinski definition) is 1. The van der Waals surface area contributed by atoms with E-state index in [0.717, 1.165) is 5.56 Å². The van der Waals surface area contributed by atoms with Gasteiger partial charge in [-0.25, -0.2) is 0 Å². The number of methoxy groups -OCH3 is 1. The smallest absolute Gasteiger partial charge is 0.160 e. The first-order valence-electron chi connectivity index (χ1n) is 4.75. The van der Waals surface area contributed by atoms with Crippen LogP contribution in [-0.4, -0.2) is 18.0 Å². The van der Waals surface area contributed by atoms with E-state index in [1.165, 1.54) is 13.2 Å². The van der Waals surface area contributed by atoms with Crippen LogP contribution in [0.4, 0.5) is 0 Å². The Balaban J connectivity index is 2.84. The topological polar surface area (TPSA) is 46.5 Å². The third kappa shape index (κ3) is 3.13. The highest BCUT2D eigenvalue weighted by molar-refractivity contribution is 5.93. The number of aromatic hydroxyl groups is 1. The molecule has 0 unspecified atom stereocenters. The van der Waals surface area contributed by atoms with E-state index in [4.69, 9.17) is 4.74 Å². The van der Waals surface area contributed by atoms with Crippen molar-refractivity contribution in [3.63, 3.8) is 0 Å². The summed E-state index contributed by atoms with van der Waals surface area (Å²) in [5.41, 5.74) is 0.773. The van der Waals surface area contributed by atoms with Gasteiger partial charge in [0.25, 0.3) is 0 Å². The van der Waals surface area contributed by atoms with E-state index >= 15 is 0 Å². The van der Waals surface area contributed by atoms with E-state index in [1.54, 1.807) is 31.2 Å². The normalized spacial score (nSPS) is 10.5. The molecule has 0 saturated heterocycles. The molecule has 3 nitrogen and oxygen atoms in total. The Hall–Kier alpha value is -1.77. The number of allylic oxidation sites excluding steroid dienone is 1. The van der Waals surface area contributed by atoms with Crippen LogP contribution in [-0.2, 0) is 4.79 Å². The number of phenols is 1. The van der Waals surface area contributed by atoms with E-state index in [9.17, 15) is 9.90 Å². The van der Waals surface area contributed by atoms with Gasteiger partial charge in [0.05, 0.1) is 7.11 Å². The third-order valence-corrected chi connectivity index (χ3v) is 2.01. The van der Waals surface area contributed by atoms with Crippen molar-refractivity contribution in [2.24, 2.45) is 0 Å². The molecule has 0 bridgehead atoms. The van der Waals surface area contributed by atoms with Gasteiger partial charge in [-0.3, -0.25) is 4.79 Å². The molecular weight excluding hydrogens is 192 g/mol. The molecule has 80 valence electrons. The number of hydrogen-bond acceptors (Lipinski definition) is 3. The zero-order valence-corrected chi connectivity index (χ0v) is 8.86. The molecule has 0 saturated carbocycles. The minimum atomic E-state index is 0.0605. The number of ketones is 1. The Kier molecular flexibility index (Phi) is 3.92. The van der Waals surface area contributed by atoms with E-state index in [0.29, 0.717) is 12.2 Å². The van der Waals surface area contributed by atoms with Gasteiger partial charge in [0.15, 0.2) is 17.3 Å². The molecule has 0 spiro atoms. The molecule has 0 aliphatic heterocycles. The fourth-order valence-corrected chi connectivity index (χ4v) is 1.12. The van der Waals surface area contributed by atoms with Crippen LogP contribution in [0.3, 0.4) is 0 Å². The molecule has 1 aromatic rings. The van der Waals surface area contributed by atoms with Crippen LogP contribution >= 0.6 is 0 Å². The number of phenolic OH excluding ortho intramolecular Hbond substituents is 1. The summed E-state index contributed by atoms with van der Waals surface area (Å²) >= 11 is 0. The molecule has 15 heavy (non-hydrogen) atoms.